The molecule has 0 unspecified atom stereocenters. The van der Waals surface area contributed by atoms with E-state index >= 15 is 0 Å². The fourth-order valence-corrected chi connectivity index (χ4v) is 5.22. The first kappa shape index (κ1) is 30.0. The van der Waals surface area contributed by atoms with Gasteiger partial charge in [0.05, 0.1) is 23.9 Å². The molecule has 1 saturated heterocycles. The number of thioether (sulfide) groups is 1. The van der Waals surface area contributed by atoms with Crippen molar-refractivity contribution in [3.63, 3.8) is 0 Å². The molecule has 1 fully saturated rings. The molecule has 1 aliphatic rings. The van der Waals surface area contributed by atoms with Crippen molar-refractivity contribution < 1.29 is 23.8 Å². The van der Waals surface area contributed by atoms with Crippen molar-refractivity contribution >= 4 is 69.9 Å². The number of phenolic OH excluding ortho intramolecular Hbond substituents is 1. The number of rotatable bonds is 9. The first-order valence-corrected chi connectivity index (χ1v) is 14.4. The Bertz CT molecular complexity index is 1740. The van der Waals surface area contributed by atoms with Crippen molar-refractivity contribution in [2.75, 3.05) is 11.9 Å². The third kappa shape index (κ3) is 7.86. The number of nitrogens with zero attached hydrogens (tertiary/aromatic N) is 3. The quantitative estimate of drug-likeness (QED) is 0.115. The second kappa shape index (κ2) is 13.6. The van der Waals surface area contributed by atoms with E-state index in [1.807, 2.05) is 31.2 Å². The molecule has 0 bridgehead atoms. The molecule has 4 aromatic rings. The van der Waals surface area contributed by atoms with Crippen LogP contribution in [-0.4, -0.2) is 39.8 Å². The van der Waals surface area contributed by atoms with Crippen molar-refractivity contribution in [2.24, 2.45) is 10.2 Å². The van der Waals surface area contributed by atoms with Crippen LogP contribution in [0.15, 0.2) is 98.6 Å². The minimum Gasteiger partial charge on any atom is -0.507 e. The largest absolute Gasteiger partial charge is 0.507 e. The summed E-state index contributed by atoms with van der Waals surface area (Å²) in [5, 5.41) is 22.3. The number of ether oxygens (including phenoxy) is 1. The molecule has 3 aromatic carbocycles. The molecular weight excluding hydrogens is 611 g/mol. The molecule has 12 heteroatoms. The molecule has 0 atom stereocenters. The van der Waals surface area contributed by atoms with Gasteiger partial charge < -0.3 is 19.6 Å². The highest BCUT2D eigenvalue weighted by Crippen LogP contribution is 2.36. The summed E-state index contributed by atoms with van der Waals surface area (Å²) in [6, 6.07) is 20.3. The minimum atomic E-state index is -0.344. The summed E-state index contributed by atoms with van der Waals surface area (Å²) in [4.78, 5) is 27.8. The lowest BCUT2D eigenvalue weighted by molar-refractivity contribution is -0.122. The zero-order chi connectivity index (χ0) is 30.3. The lowest BCUT2D eigenvalue weighted by Crippen LogP contribution is -2.28. The third-order valence-electron chi connectivity index (χ3n) is 6.06. The highest BCUT2D eigenvalue weighted by Gasteiger charge is 2.34. The molecule has 0 aliphatic carbocycles. The van der Waals surface area contributed by atoms with Gasteiger partial charge in [0, 0.05) is 26.9 Å². The van der Waals surface area contributed by atoms with E-state index < -0.39 is 0 Å². The van der Waals surface area contributed by atoms with Gasteiger partial charge in [-0.25, -0.2) is 0 Å². The number of amidine groups is 1. The van der Waals surface area contributed by atoms with Crippen molar-refractivity contribution in [2.45, 2.75) is 13.5 Å². The zero-order valence-corrected chi connectivity index (χ0v) is 25.0. The fraction of sp³-hybridized carbons (Fsp3) is 0.0968. The van der Waals surface area contributed by atoms with E-state index in [0.29, 0.717) is 43.3 Å². The molecule has 2 N–H and O–H groups in total. The molecular formula is C31H24Cl2N4O5S. The van der Waals surface area contributed by atoms with Gasteiger partial charge in [0.2, 0.25) is 0 Å². The standard InChI is InChI=1S/C31H24Cl2N4O5S/c1-19-4-8-24(9-5-19)35-29(39)18-42-27-11-7-23(33)13-20(27)15-28-30(40)37(17-25-3-2-12-41-25)31(43-28)36-34-16-21-14-22(32)6-10-26(21)38/h2-16,38H,17-18H2,1H3,(H,35,39)/b28-15-,34-16+,36-31-. The number of phenols is 1. The van der Waals surface area contributed by atoms with Crippen molar-refractivity contribution in [1.29, 1.82) is 0 Å². The number of amides is 2. The molecule has 218 valence electrons. The van der Waals surface area contributed by atoms with E-state index in [9.17, 15) is 14.7 Å². The van der Waals surface area contributed by atoms with Crippen molar-refractivity contribution in [3.8, 4) is 11.5 Å². The number of carbonyl (C=O) groups excluding carboxylic acids is 2. The summed E-state index contributed by atoms with van der Waals surface area (Å²) < 4.78 is 11.3. The Kier molecular flexibility index (Phi) is 9.51. The number of furan rings is 1. The molecule has 0 saturated carbocycles. The van der Waals surface area contributed by atoms with Gasteiger partial charge in [0.15, 0.2) is 11.8 Å². The molecule has 9 nitrogen and oxygen atoms in total. The summed E-state index contributed by atoms with van der Waals surface area (Å²) in [7, 11) is 0. The number of aryl methyl sites for hydroxylation is 1. The average Bonchev–Trinajstić information content (AvgIpc) is 3.60. The predicted molar refractivity (Wildman–Crippen MR) is 170 cm³/mol. The Labute approximate surface area is 261 Å². The van der Waals surface area contributed by atoms with Gasteiger partial charge in [0.1, 0.15) is 17.3 Å². The van der Waals surface area contributed by atoms with Crippen LogP contribution in [0, 0.1) is 6.92 Å². The Hall–Kier alpha value is -4.51. The second-order valence-electron chi connectivity index (χ2n) is 9.30. The summed E-state index contributed by atoms with van der Waals surface area (Å²) in [5.74, 6) is 0.209. The molecule has 0 radical (unpaired) electrons. The lowest BCUT2D eigenvalue weighted by atomic mass is 10.2. The maximum atomic E-state index is 13.5. The number of halogens is 2. The van der Waals surface area contributed by atoms with Gasteiger partial charge in [-0.05, 0) is 85.4 Å². The molecule has 1 aromatic heterocycles. The molecule has 1 aliphatic heterocycles. The third-order valence-corrected chi connectivity index (χ3v) is 7.53. The first-order chi connectivity index (χ1) is 20.7. The van der Waals surface area contributed by atoms with Crippen LogP contribution in [-0.2, 0) is 16.1 Å². The summed E-state index contributed by atoms with van der Waals surface area (Å²) in [5.41, 5.74) is 2.60. The van der Waals surface area contributed by atoms with Crippen LogP contribution in [0.2, 0.25) is 10.0 Å². The smallest absolute Gasteiger partial charge is 0.267 e. The van der Waals surface area contributed by atoms with E-state index in [1.165, 1.54) is 23.4 Å². The van der Waals surface area contributed by atoms with Gasteiger partial charge in [-0.15, -0.1) is 5.10 Å². The first-order valence-electron chi connectivity index (χ1n) is 12.9. The van der Waals surface area contributed by atoms with E-state index in [2.05, 4.69) is 15.5 Å². The number of carbonyl (C=O) groups is 2. The van der Waals surface area contributed by atoms with Crippen LogP contribution in [0.25, 0.3) is 6.08 Å². The second-order valence-corrected chi connectivity index (χ2v) is 11.2. The van der Waals surface area contributed by atoms with Gasteiger partial charge in [-0.2, -0.15) is 5.10 Å². The summed E-state index contributed by atoms with van der Waals surface area (Å²) >= 11 is 13.4. The summed E-state index contributed by atoms with van der Waals surface area (Å²) in [6.45, 7) is 1.82. The van der Waals surface area contributed by atoms with Crippen LogP contribution in [0.4, 0.5) is 5.69 Å². The average molecular weight is 636 g/mol. The van der Waals surface area contributed by atoms with Crippen molar-refractivity contribution in [3.05, 3.63) is 116 Å². The van der Waals surface area contributed by atoms with E-state index in [0.717, 1.165) is 17.3 Å². The molecule has 43 heavy (non-hydrogen) atoms. The van der Waals surface area contributed by atoms with Gasteiger partial charge in [-0.3, -0.25) is 14.5 Å². The Morgan fingerprint density at radius 3 is 2.56 bits per heavy atom. The van der Waals surface area contributed by atoms with Gasteiger partial charge in [-0.1, -0.05) is 40.9 Å². The van der Waals surface area contributed by atoms with Crippen LogP contribution in [0.5, 0.6) is 11.5 Å². The number of anilines is 1. The molecule has 2 amide bonds. The van der Waals surface area contributed by atoms with E-state index in [1.54, 1.807) is 48.5 Å². The number of hydrogen-bond acceptors (Lipinski definition) is 8. The highest BCUT2D eigenvalue weighted by atomic mass is 35.5. The minimum absolute atomic E-state index is 0.0161. The Morgan fingerprint density at radius 1 is 1.07 bits per heavy atom. The van der Waals surface area contributed by atoms with Crippen molar-refractivity contribution in [1.82, 2.24) is 4.90 Å². The van der Waals surface area contributed by atoms with Gasteiger partial charge >= 0.3 is 0 Å². The maximum absolute atomic E-state index is 13.5. The number of benzene rings is 3. The monoisotopic (exact) mass is 634 g/mol. The molecule has 5 rings (SSSR count). The molecule has 0 spiro atoms. The zero-order valence-electron chi connectivity index (χ0n) is 22.7. The SMILES string of the molecule is Cc1ccc(NC(=O)COc2ccc(Cl)cc2/C=C2\S/C(=N\N=C\c3cc(Cl)ccc3O)N(Cc3ccco3)C2=O)cc1. The van der Waals surface area contributed by atoms with E-state index in [-0.39, 0.29) is 35.9 Å². The topological polar surface area (TPSA) is 117 Å². The van der Waals surface area contributed by atoms with Crippen LogP contribution in [0.1, 0.15) is 22.5 Å². The number of aromatic hydroxyl groups is 1. The maximum Gasteiger partial charge on any atom is 0.267 e. The fourth-order valence-electron chi connectivity index (χ4n) is 3.93. The van der Waals surface area contributed by atoms with E-state index in [4.69, 9.17) is 32.4 Å². The number of hydrogen-bond donors (Lipinski definition) is 2. The Morgan fingerprint density at radius 2 is 1.81 bits per heavy atom. The molecule has 2 heterocycles. The Balaban J connectivity index is 1.38. The normalized spacial score (nSPS) is 15.1. The summed E-state index contributed by atoms with van der Waals surface area (Å²) in [6.07, 6.45) is 4.48. The van der Waals surface area contributed by atoms with Gasteiger partial charge in [0.25, 0.3) is 11.8 Å². The highest BCUT2D eigenvalue weighted by molar-refractivity contribution is 8.18. The van der Waals surface area contributed by atoms with Crippen LogP contribution >= 0.6 is 35.0 Å². The van der Waals surface area contributed by atoms with Crippen LogP contribution in [0.3, 0.4) is 0 Å². The number of nitrogens with one attached hydrogen (secondary N) is 1. The lowest BCUT2D eigenvalue weighted by Gasteiger charge is -2.13. The predicted octanol–water partition coefficient (Wildman–Crippen LogP) is 7.12. The van der Waals surface area contributed by atoms with Crippen LogP contribution < -0.4 is 10.1 Å².